The van der Waals surface area contributed by atoms with Gasteiger partial charge < -0.3 is 15.2 Å². The zero-order chi connectivity index (χ0) is 17.8. The van der Waals surface area contributed by atoms with Gasteiger partial charge >= 0.3 is 0 Å². The van der Waals surface area contributed by atoms with Crippen molar-refractivity contribution in [3.8, 4) is 11.4 Å². The predicted octanol–water partition coefficient (Wildman–Crippen LogP) is 2.75. The summed E-state index contributed by atoms with van der Waals surface area (Å²) < 4.78 is 18.6. The predicted molar refractivity (Wildman–Crippen MR) is 91.2 cm³/mol. The molecular weight excluding hydrogens is 323 g/mol. The van der Waals surface area contributed by atoms with E-state index in [1.54, 1.807) is 19.1 Å². The van der Waals surface area contributed by atoms with Crippen LogP contribution in [0.2, 0.25) is 0 Å². The molecule has 2 aromatic rings. The van der Waals surface area contributed by atoms with Crippen molar-refractivity contribution in [1.29, 1.82) is 0 Å². The van der Waals surface area contributed by atoms with Gasteiger partial charge in [-0.2, -0.15) is 4.98 Å². The molecule has 0 saturated carbocycles. The minimum atomic E-state index is -0.364. The van der Waals surface area contributed by atoms with E-state index in [1.807, 2.05) is 6.92 Å². The quantitative estimate of drug-likeness (QED) is 0.841. The van der Waals surface area contributed by atoms with E-state index >= 15 is 0 Å². The van der Waals surface area contributed by atoms with Gasteiger partial charge in [0.05, 0.1) is 0 Å². The Morgan fingerprint density at radius 3 is 3.08 bits per heavy atom. The van der Waals surface area contributed by atoms with Crippen LogP contribution in [0, 0.1) is 18.7 Å². The Balaban J connectivity index is 1.57. The summed E-state index contributed by atoms with van der Waals surface area (Å²) in [7, 11) is 0. The van der Waals surface area contributed by atoms with E-state index in [-0.39, 0.29) is 17.8 Å². The number of carbonyl (C=O) groups is 1. The van der Waals surface area contributed by atoms with Gasteiger partial charge in [0.25, 0.3) is 0 Å². The molecule has 2 heterocycles. The highest BCUT2D eigenvalue weighted by Crippen LogP contribution is 2.21. The van der Waals surface area contributed by atoms with Crippen molar-refractivity contribution in [3.05, 3.63) is 35.5 Å². The van der Waals surface area contributed by atoms with E-state index in [9.17, 15) is 9.18 Å². The smallest absolute Gasteiger partial charge is 0.249 e. The molecule has 25 heavy (non-hydrogen) atoms. The van der Waals surface area contributed by atoms with E-state index in [1.165, 1.54) is 6.07 Å². The van der Waals surface area contributed by atoms with E-state index in [0.717, 1.165) is 25.9 Å². The minimum Gasteiger partial charge on any atom is -0.345 e. The highest BCUT2D eigenvalue weighted by molar-refractivity contribution is 5.76. The normalized spacial score (nSPS) is 18.3. The van der Waals surface area contributed by atoms with Gasteiger partial charge in [-0.05, 0) is 69.5 Å². The molecule has 1 aliphatic rings. The monoisotopic (exact) mass is 346 g/mol. The molecule has 1 amide bonds. The maximum absolute atomic E-state index is 13.4. The number of nitrogens with zero attached hydrogens (tertiary/aromatic N) is 2. The first-order valence-corrected chi connectivity index (χ1v) is 8.63. The van der Waals surface area contributed by atoms with Gasteiger partial charge in [0, 0.05) is 12.0 Å². The van der Waals surface area contributed by atoms with Gasteiger partial charge in [-0.25, -0.2) is 4.39 Å². The average Bonchev–Trinajstić information content (AvgIpc) is 3.27. The van der Waals surface area contributed by atoms with Crippen LogP contribution < -0.4 is 10.6 Å². The van der Waals surface area contributed by atoms with Crippen molar-refractivity contribution in [3.63, 3.8) is 0 Å². The van der Waals surface area contributed by atoms with E-state index < -0.39 is 0 Å². The van der Waals surface area contributed by atoms with Crippen LogP contribution in [0.3, 0.4) is 0 Å². The highest BCUT2D eigenvalue weighted by Gasteiger charge is 2.20. The van der Waals surface area contributed by atoms with Crippen molar-refractivity contribution in [1.82, 2.24) is 20.8 Å². The number of rotatable bonds is 6. The van der Waals surface area contributed by atoms with Gasteiger partial charge in [0.1, 0.15) is 11.9 Å². The molecule has 2 atom stereocenters. The van der Waals surface area contributed by atoms with E-state index in [4.69, 9.17) is 4.52 Å². The topological polar surface area (TPSA) is 80.0 Å². The number of hydrogen-bond acceptors (Lipinski definition) is 5. The summed E-state index contributed by atoms with van der Waals surface area (Å²) in [5, 5.41) is 10.1. The third-order valence-corrected chi connectivity index (χ3v) is 4.55. The highest BCUT2D eigenvalue weighted by atomic mass is 19.1. The van der Waals surface area contributed by atoms with Gasteiger partial charge in [0.15, 0.2) is 0 Å². The Bertz CT molecular complexity index is 740. The number of halogens is 1. The lowest BCUT2D eigenvalue weighted by Crippen LogP contribution is -2.27. The van der Waals surface area contributed by atoms with Gasteiger partial charge in [0.2, 0.25) is 17.6 Å². The van der Waals surface area contributed by atoms with Gasteiger partial charge in [-0.3, -0.25) is 4.79 Å². The van der Waals surface area contributed by atoms with Crippen LogP contribution in [0.5, 0.6) is 0 Å². The Kier molecular flexibility index (Phi) is 5.43. The molecule has 134 valence electrons. The third-order valence-electron chi connectivity index (χ3n) is 4.55. The molecule has 0 radical (unpaired) electrons. The lowest BCUT2D eigenvalue weighted by Gasteiger charge is -2.11. The molecule has 0 bridgehead atoms. The minimum absolute atomic E-state index is 0.0169. The van der Waals surface area contributed by atoms with Crippen LogP contribution in [0.1, 0.15) is 43.7 Å². The third kappa shape index (κ3) is 4.42. The SMILES string of the molecule is Cc1cc(-c2noc(C(C)NC(=O)CCC3CCNC3)n2)ccc1F. The maximum atomic E-state index is 13.4. The van der Waals surface area contributed by atoms with Crippen LogP contribution in [0.15, 0.2) is 22.7 Å². The number of carbonyl (C=O) groups excluding carboxylic acids is 1. The summed E-state index contributed by atoms with van der Waals surface area (Å²) in [6, 6.07) is 4.29. The van der Waals surface area contributed by atoms with Crippen LogP contribution in [0.4, 0.5) is 4.39 Å². The summed E-state index contributed by atoms with van der Waals surface area (Å²) in [6.45, 7) is 5.52. The standard InChI is InChI=1S/C18H23FN4O2/c1-11-9-14(4-5-15(11)19)17-22-18(25-23-17)12(2)21-16(24)6-3-13-7-8-20-10-13/h4-5,9,12-13,20H,3,6-8,10H2,1-2H3,(H,21,24). The Morgan fingerprint density at radius 2 is 2.36 bits per heavy atom. The molecule has 1 aliphatic heterocycles. The first kappa shape index (κ1) is 17.5. The molecule has 2 unspecified atom stereocenters. The zero-order valence-electron chi connectivity index (χ0n) is 14.5. The second-order valence-electron chi connectivity index (χ2n) is 6.61. The number of nitrogens with one attached hydrogen (secondary N) is 2. The molecule has 1 saturated heterocycles. The lowest BCUT2D eigenvalue weighted by molar-refractivity contribution is -0.122. The van der Waals surface area contributed by atoms with Crippen molar-refractivity contribution in [2.45, 2.75) is 39.2 Å². The molecular formula is C18H23FN4O2. The molecule has 1 aromatic heterocycles. The summed E-state index contributed by atoms with van der Waals surface area (Å²) >= 11 is 0. The average molecular weight is 346 g/mol. The summed E-state index contributed by atoms with van der Waals surface area (Å²) in [5.74, 6) is 1.02. The van der Waals surface area contributed by atoms with E-state index in [0.29, 0.717) is 35.2 Å². The summed E-state index contributed by atoms with van der Waals surface area (Å²) in [4.78, 5) is 16.4. The lowest BCUT2D eigenvalue weighted by atomic mass is 10.0. The van der Waals surface area contributed by atoms with Crippen LogP contribution in [-0.4, -0.2) is 29.1 Å². The molecule has 1 aromatic carbocycles. The fourth-order valence-corrected chi connectivity index (χ4v) is 2.98. The van der Waals surface area contributed by atoms with Gasteiger partial charge in [-0.15, -0.1) is 0 Å². The Morgan fingerprint density at radius 1 is 1.52 bits per heavy atom. The molecule has 2 N–H and O–H groups in total. The first-order chi connectivity index (χ1) is 12.0. The largest absolute Gasteiger partial charge is 0.345 e. The number of amides is 1. The fourth-order valence-electron chi connectivity index (χ4n) is 2.98. The fraction of sp³-hybridized carbons (Fsp3) is 0.500. The second kappa shape index (κ2) is 7.74. The van der Waals surface area contributed by atoms with Crippen molar-refractivity contribution >= 4 is 5.91 Å². The Labute approximate surface area is 146 Å². The number of benzene rings is 1. The van der Waals surface area contributed by atoms with Gasteiger partial charge in [-0.1, -0.05) is 5.16 Å². The van der Waals surface area contributed by atoms with Crippen LogP contribution in [0.25, 0.3) is 11.4 Å². The van der Waals surface area contributed by atoms with Crippen LogP contribution >= 0.6 is 0 Å². The van der Waals surface area contributed by atoms with Crippen molar-refractivity contribution in [2.75, 3.05) is 13.1 Å². The number of hydrogen-bond donors (Lipinski definition) is 2. The second-order valence-corrected chi connectivity index (χ2v) is 6.61. The first-order valence-electron chi connectivity index (χ1n) is 8.63. The van der Waals surface area contributed by atoms with E-state index in [2.05, 4.69) is 20.8 Å². The summed E-state index contributed by atoms with van der Waals surface area (Å²) in [6.07, 6.45) is 2.51. The van der Waals surface area contributed by atoms with Crippen LogP contribution in [-0.2, 0) is 4.79 Å². The molecule has 0 aliphatic carbocycles. The van der Waals surface area contributed by atoms with Crippen molar-refractivity contribution in [2.24, 2.45) is 5.92 Å². The van der Waals surface area contributed by atoms with Crippen molar-refractivity contribution < 1.29 is 13.7 Å². The molecule has 6 nitrogen and oxygen atoms in total. The number of aromatic nitrogens is 2. The molecule has 1 fully saturated rings. The molecule has 3 rings (SSSR count). The number of aryl methyl sites for hydroxylation is 1. The summed E-state index contributed by atoms with van der Waals surface area (Å²) in [5.41, 5.74) is 1.20. The maximum Gasteiger partial charge on any atom is 0.249 e. The molecule has 0 spiro atoms. The Hall–Kier alpha value is -2.28. The zero-order valence-corrected chi connectivity index (χ0v) is 14.5. The molecule has 7 heteroatoms.